The summed E-state index contributed by atoms with van der Waals surface area (Å²) >= 11 is 0. The number of piperazine rings is 1. The Hall–Kier alpha value is -2.83. The summed E-state index contributed by atoms with van der Waals surface area (Å²) in [5.41, 5.74) is 3.36. The van der Waals surface area contributed by atoms with Gasteiger partial charge in [-0.25, -0.2) is 9.97 Å². The lowest BCUT2D eigenvalue weighted by molar-refractivity contribution is -0.130. The Balaban J connectivity index is 1.30. The summed E-state index contributed by atoms with van der Waals surface area (Å²) in [5.74, 6) is 2.74. The van der Waals surface area contributed by atoms with E-state index in [2.05, 4.69) is 20.9 Å². The highest BCUT2D eigenvalue weighted by molar-refractivity contribution is 5.81. The summed E-state index contributed by atoms with van der Waals surface area (Å²) in [6.07, 6.45) is 5.63. The van der Waals surface area contributed by atoms with Crippen molar-refractivity contribution in [2.45, 2.75) is 19.3 Å². The fourth-order valence-corrected chi connectivity index (χ4v) is 4.15. The topological polar surface area (TPSA) is 67.8 Å². The lowest BCUT2D eigenvalue weighted by atomic mass is 9.96. The molecule has 1 amide bonds. The number of benzene rings is 1. The summed E-state index contributed by atoms with van der Waals surface area (Å²) in [7, 11) is 0. The summed E-state index contributed by atoms with van der Waals surface area (Å²) in [6, 6.07) is 3.91. The normalized spacial score (nSPS) is 17.9. The molecule has 7 heteroatoms. The summed E-state index contributed by atoms with van der Waals surface area (Å²) in [6.45, 7) is 4.25. The Morgan fingerprint density at radius 3 is 2.63 bits per heavy atom. The molecule has 27 heavy (non-hydrogen) atoms. The van der Waals surface area contributed by atoms with Crippen LogP contribution >= 0.6 is 0 Å². The minimum Gasteiger partial charge on any atom is -0.493 e. The molecule has 4 heterocycles. The van der Waals surface area contributed by atoms with Gasteiger partial charge in [-0.05, 0) is 12.1 Å². The first-order valence-corrected chi connectivity index (χ1v) is 9.52. The van der Waals surface area contributed by atoms with E-state index in [0.29, 0.717) is 32.7 Å². The van der Waals surface area contributed by atoms with E-state index in [1.54, 1.807) is 12.4 Å². The third kappa shape index (κ3) is 2.97. The van der Waals surface area contributed by atoms with Crippen molar-refractivity contribution in [3.05, 3.63) is 41.2 Å². The largest absolute Gasteiger partial charge is 0.493 e. The van der Waals surface area contributed by atoms with Gasteiger partial charge >= 0.3 is 0 Å². The van der Waals surface area contributed by atoms with Gasteiger partial charge in [-0.2, -0.15) is 0 Å². The molecule has 1 fully saturated rings. The molecule has 0 aliphatic carbocycles. The Bertz CT molecular complexity index is 831. The Kier molecular flexibility index (Phi) is 4.07. The van der Waals surface area contributed by atoms with Gasteiger partial charge in [0, 0.05) is 68.1 Å². The number of nitrogens with zero attached hydrogens (tertiary/aromatic N) is 4. The standard InChI is InChI=1S/C20H22N4O3/c25-18(23-6-8-24(9-7-23)20-21-4-1-5-22-20)13-16-15-3-11-26-17(15)12-14-2-10-27-19(14)16/h1,4-5,12H,2-3,6-11,13H2. The Labute approximate surface area is 157 Å². The van der Waals surface area contributed by atoms with Crippen molar-refractivity contribution in [1.29, 1.82) is 0 Å². The van der Waals surface area contributed by atoms with Crippen LogP contribution in [-0.4, -0.2) is 60.2 Å². The molecular formula is C20H22N4O3. The van der Waals surface area contributed by atoms with Crippen LogP contribution in [-0.2, 0) is 24.1 Å². The smallest absolute Gasteiger partial charge is 0.227 e. The average molecular weight is 366 g/mol. The predicted molar refractivity (Wildman–Crippen MR) is 99.4 cm³/mol. The molecule has 0 saturated carbocycles. The fraction of sp³-hybridized carbons (Fsp3) is 0.450. The number of rotatable bonds is 3. The molecule has 0 spiro atoms. The Morgan fingerprint density at radius 2 is 1.81 bits per heavy atom. The van der Waals surface area contributed by atoms with Crippen LogP contribution in [0.15, 0.2) is 24.5 Å². The molecule has 0 atom stereocenters. The van der Waals surface area contributed by atoms with Crippen LogP contribution < -0.4 is 14.4 Å². The number of hydrogen-bond acceptors (Lipinski definition) is 6. The van der Waals surface area contributed by atoms with Gasteiger partial charge in [0.1, 0.15) is 11.5 Å². The minimum absolute atomic E-state index is 0.154. The summed E-state index contributed by atoms with van der Waals surface area (Å²) in [5, 5.41) is 0. The van der Waals surface area contributed by atoms with Crippen molar-refractivity contribution in [3.8, 4) is 11.5 Å². The maximum absolute atomic E-state index is 13.0. The molecule has 3 aliphatic heterocycles. The van der Waals surface area contributed by atoms with E-state index in [1.807, 2.05) is 11.0 Å². The molecule has 0 bridgehead atoms. The van der Waals surface area contributed by atoms with Crippen molar-refractivity contribution < 1.29 is 14.3 Å². The second kappa shape index (κ2) is 6.72. The van der Waals surface area contributed by atoms with E-state index >= 15 is 0 Å². The zero-order valence-corrected chi connectivity index (χ0v) is 15.2. The number of carbonyl (C=O) groups is 1. The summed E-state index contributed by atoms with van der Waals surface area (Å²) < 4.78 is 11.6. The number of hydrogen-bond donors (Lipinski definition) is 0. The van der Waals surface area contributed by atoms with Crippen molar-refractivity contribution in [2.24, 2.45) is 0 Å². The van der Waals surface area contributed by atoms with E-state index in [0.717, 1.165) is 54.5 Å². The van der Waals surface area contributed by atoms with Gasteiger partial charge in [-0.1, -0.05) is 0 Å². The third-order valence-electron chi connectivity index (χ3n) is 5.56. The van der Waals surface area contributed by atoms with Crippen LogP contribution in [0.2, 0.25) is 0 Å². The lowest BCUT2D eigenvalue weighted by Crippen LogP contribution is -2.49. The zero-order chi connectivity index (χ0) is 18.2. The molecule has 140 valence electrons. The number of fused-ring (bicyclic) bond motifs is 2. The van der Waals surface area contributed by atoms with Crippen molar-refractivity contribution in [3.63, 3.8) is 0 Å². The van der Waals surface area contributed by atoms with Crippen LogP contribution in [0.1, 0.15) is 16.7 Å². The molecule has 5 rings (SSSR count). The number of amides is 1. The van der Waals surface area contributed by atoms with E-state index in [1.165, 1.54) is 5.56 Å². The van der Waals surface area contributed by atoms with Gasteiger partial charge in [-0.15, -0.1) is 0 Å². The molecule has 1 aromatic heterocycles. The third-order valence-corrected chi connectivity index (χ3v) is 5.56. The van der Waals surface area contributed by atoms with Crippen LogP contribution in [0.25, 0.3) is 0 Å². The maximum atomic E-state index is 13.0. The van der Waals surface area contributed by atoms with Crippen LogP contribution in [0.3, 0.4) is 0 Å². The zero-order valence-electron chi connectivity index (χ0n) is 15.2. The second-order valence-corrected chi connectivity index (χ2v) is 7.11. The molecule has 1 saturated heterocycles. The van der Waals surface area contributed by atoms with Crippen molar-refractivity contribution in [2.75, 3.05) is 44.3 Å². The summed E-state index contributed by atoms with van der Waals surface area (Å²) in [4.78, 5) is 25.7. The first-order valence-electron chi connectivity index (χ1n) is 9.52. The molecule has 7 nitrogen and oxygen atoms in total. The average Bonchev–Trinajstić information content (AvgIpc) is 3.38. The second-order valence-electron chi connectivity index (χ2n) is 7.11. The molecule has 0 radical (unpaired) electrons. The van der Waals surface area contributed by atoms with Gasteiger partial charge in [0.05, 0.1) is 19.6 Å². The predicted octanol–water partition coefficient (Wildman–Crippen LogP) is 1.24. The fourth-order valence-electron chi connectivity index (χ4n) is 4.15. The Morgan fingerprint density at radius 1 is 1.04 bits per heavy atom. The number of carbonyl (C=O) groups excluding carboxylic acids is 1. The molecule has 0 unspecified atom stereocenters. The number of ether oxygens (including phenoxy) is 2. The number of anilines is 1. The molecule has 1 aromatic carbocycles. The van der Waals surface area contributed by atoms with Gasteiger partial charge in [0.15, 0.2) is 0 Å². The molecule has 2 aromatic rings. The van der Waals surface area contributed by atoms with E-state index < -0.39 is 0 Å². The lowest BCUT2D eigenvalue weighted by Gasteiger charge is -2.34. The highest BCUT2D eigenvalue weighted by Crippen LogP contribution is 2.41. The van der Waals surface area contributed by atoms with E-state index in [4.69, 9.17) is 9.47 Å². The van der Waals surface area contributed by atoms with Crippen LogP contribution in [0.4, 0.5) is 5.95 Å². The van der Waals surface area contributed by atoms with Crippen molar-refractivity contribution in [1.82, 2.24) is 14.9 Å². The van der Waals surface area contributed by atoms with Crippen LogP contribution in [0.5, 0.6) is 11.5 Å². The van der Waals surface area contributed by atoms with Gasteiger partial charge < -0.3 is 19.3 Å². The van der Waals surface area contributed by atoms with Gasteiger partial charge in [0.25, 0.3) is 0 Å². The van der Waals surface area contributed by atoms with E-state index in [-0.39, 0.29) is 5.91 Å². The molecular weight excluding hydrogens is 344 g/mol. The quantitative estimate of drug-likeness (QED) is 0.814. The number of aromatic nitrogens is 2. The highest BCUT2D eigenvalue weighted by Gasteiger charge is 2.30. The SMILES string of the molecule is O=C(Cc1c2c(cc3c1OCC3)OCC2)N1CCN(c2ncccn2)CC1. The van der Waals surface area contributed by atoms with Gasteiger partial charge in [-0.3, -0.25) is 4.79 Å². The maximum Gasteiger partial charge on any atom is 0.227 e. The van der Waals surface area contributed by atoms with Crippen LogP contribution in [0, 0.1) is 0 Å². The van der Waals surface area contributed by atoms with Gasteiger partial charge in [0.2, 0.25) is 11.9 Å². The molecule has 3 aliphatic rings. The van der Waals surface area contributed by atoms with Crippen molar-refractivity contribution >= 4 is 11.9 Å². The minimum atomic E-state index is 0.154. The highest BCUT2D eigenvalue weighted by atomic mass is 16.5. The molecule has 0 N–H and O–H groups in total. The first-order chi connectivity index (χ1) is 13.3. The first kappa shape index (κ1) is 16.4. The van der Waals surface area contributed by atoms with E-state index in [9.17, 15) is 4.79 Å². The monoisotopic (exact) mass is 366 g/mol.